The monoisotopic (exact) mass is 489 g/mol. The van der Waals surface area contributed by atoms with Crippen LogP contribution in [0.1, 0.15) is 47.7 Å². The molecule has 1 N–H and O–H groups in total. The summed E-state index contributed by atoms with van der Waals surface area (Å²) in [5, 5.41) is 2.79. The Morgan fingerprint density at radius 3 is 2.53 bits per heavy atom. The summed E-state index contributed by atoms with van der Waals surface area (Å²) in [6, 6.07) is 11.0. The summed E-state index contributed by atoms with van der Waals surface area (Å²) in [5.41, 5.74) is 4.09. The number of benzene rings is 2. The van der Waals surface area contributed by atoms with Gasteiger partial charge in [0, 0.05) is 43.2 Å². The molecule has 2 unspecified atom stereocenters. The van der Waals surface area contributed by atoms with Crippen LogP contribution in [0, 0.1) is 25.7 Å². The maximum atomic E-state index is 13.2. The van der Waals surface area contributed by atoms with Crippen LogP contribution in [0.4, 0.5) is 11.4 Å². The van der Waals surface area contributed by atoms with Gasteiger partial charge in [-0.05, 0) is 69.0 Å². The molecule has 2 fully saturated rings. The van der Waals surface area contributed by atoms with E-state index in [0.29, 0.717) is 49.5 Å². The Balaban J connectivity index is 1.20. The fourth-order valence-corrected chi connectivity index (χ4v) is 5.35. The predicted molar refractivity (Wildman–Crippen MR) is 135 cm³/mol. The molecule has 0 spiro atoms. The molecule has 0 saturated carbocycles. The van der Waals surface area contributed by atoms with Crippen molar-refractivity contribution >= 4 is 34.9 Å². The summed E-state index contributed by atoms with van der Waals surface area (Å²) in [4.78, 5) is 54.6. The molecule has 3 aliphatic rings. The molecule has 2 aromatic rings. The molecule has 0 bridgehead atoms. The third-order valence-corrected chi connectivity index (χ3v) is 7.71. The molecule has 0 radical (unpaired) electrons. The molecule has 2 saturated heterocycles. The van der Waals surface area contributed by atoms with E-state index in [1.165, 1.54) is 0 Å². The second-order valence-electron chi connectivity index (χ2n) is 10.0. The van der Waals surface area contributed by atoms with Crippen molar-refractivity contribution in [3.8, 4) is 5.75 Å². The highest BCUT2D eigenvalue weighted by Gasteiger charge is 2.39. The van der Waals surface area contributed by atoms with Gasteiger partial charge in [0.25, 0.3) is 5.91 Å². The van der Waals surface area contributed by atoms with Gasteiger partial charge in [-0.15, -0.1) is 0 Å². The molecule has 0 aliphatic carbocycles. The SMILES string of the molecule is Cc1cccc(N2CC(C(=O)N3CCC(C(=O)c4ccc5c(c4)NC(=O)C(C)O5)CC3)CC2=O)c1C. The van der Waals surface area contributed by atoms with Gasteiger partial charge in [-0.25, -0.2) is 0 Å². The summed E-state index contributed by atoms with van der Waals surface area (Å²) >= 11 is 0. The molecule has 3 amide bonds. The number of fused-ring (bicyclic) bond motifs is 1. The number of ketones is 1. The first kappa shape index (κ1) is 24.0. The lowest BCUT2D eigenvalue weighted by atomic mass is 9.88. The lowest BCUT2D eigenvalue weighted by molar-refractivity contribution is -0.137. The topological polar surface area (TPSA) is 96.0 Å². The van der Waals surface area contributed by atoms with Crippen LogP contribution in [0.2, 0.25) is 0 Å². The lowest BCUT2D eigenvalue weighted by Gasteiger charge is -2.33. The van der Waals surface area contributed by atoms with Crippen molar-refractivity contribution in [3.05, 3.63) is 53.1 Å². The van der Waals surface area contributed by atoms with Crippen molar-refractivity contribution in [2.75, 3.05) is 29.9 Å². The van der Waals surface area contributed by atoms with Gasteiger partial charge >= 0.3 is 0 Å². The Morgan fingerprint density at radius 1 is 1.03 bits per heavy atom. The van der Waals surface area contributed by atoms with Crippen molar-refractivity contribution in [1.29, 1.82) is 0 Å². The molecule has 8 nitrogen and oxygen atoms in total. The van der Waals surface area contributed by atoms with Crippen LogP contribution in [0.25, 0.3) is 0 Å². The van der Waals surface area contributed by atoms with Crippen molar-refractivity contribution in [2.24, 2.45) is 11.8 Å². The largest absolute Gasteiger partial charge is 0.479 e. The maximum Gasteiger partial charge on any atom is 0.265 e. The first-order chi connectivity index (χ1) is 17.2. The van der Waals surface area contributed by atoms with E-state index < -0.39 is 6.10 Å². The highest BCUT2D eigenvalue weighted by molar-refractivity contribution is 6.03. The van der Waals surface area contributed by atoms with Crippen LogP contribution >= 0.6 is 0 Å². The summed E-state index contributed by atoms with van der Waals surface area (Å²) in [5.74, 6) is -0.260. The molecular weight excluding hydrogens is 458 g/mol. The number of ether oxygens (including phenoxy) is 1. The number of carbonyl (C=O) groups is 4. The van der Waals surface area contributed by atoms with E-state index in [1.807, 2.05) is 32.0 Å². The van der Waals surface area contributed by atoms with Crippen molar-refractivity contribution < 1.29 is 23.9 Å². The number of amides is 3. The number of Topliss-reactive ketones (excluding diaryl/α,β-unsaturated/α-hetero) is 1. The van der Waals surface area contributed by atoms with E-state index in [0.717, 1.165) is 16.8 Å². The molecule has 2 aromatic carbocycles. The molecule has 3 heterocycles. The number of hydrogen-bond donors (Lipinski definition) is 1. The maximum absolute atomic E-state index is 13.2. The quantitative estimate of drug-likeness (QED) is 0.664. The third kappa shape index (κ3) is 4.36. The lowest BCUT2D eigenvalue weighted by Crippen LogP contribution is -2.43. The Hall–Kier alpha value is -3.68. The minimum Gasteiger partial charge on any atom is -0.479 e. The van der Waals surface area contributed by atoms with E-state index in [2.05, 4.69) is 5.32 Å². The Kier molecular flexibility index (Phi) is 6.28. The number of anilines is 2. The smallest absolute Gasteiger partial charge is 0.265 e. The van der Waals surface area contributed by atoms with Gasteiger partial charge in [0.15, 0.2) is 11.9 Å². The molecule has 188 valence electrons. The fourth-order valence-electron chi connectivity index (χ4n) is 5.35. The van der Waals surface area contributed by atoms with E-state index in [-0.39, 0.29) is 41.8 Å². The zero-order valence-corrected chi connectivity index (χ0v) is 20.9. The average Bonchev–Trinajstić information content (AvgIpc) is 3.26. The first-order valence-corrected chi connectivity index (χ1v) is 12.5. The van der Waals surface area contributed by atoms with Gasteiger partial charge in [-0.2, -0.15) is 0 Å². The minimum absolute atomic E-state index is 0.00918. The zero-order valence-electron chi connectivity index (χ0n) is 20.9. The van der Waals surface area contributed by atoms with Crippen molar-refractivity contribution in [3.63, 3.8) is 0 Å². The van der Waals surface area contributed by atoms with Crippen LogP contribution in [0.15, 0.2) is 36.4 Å². The Morgan fingerprint density at radius 2 is 1.78 bits per heavy atom. The summed E-state index contributed by atoms with van der Waals surface area (Å²) in [6.45, 7) is 7.07. The Labute approximate surface area is 210 Å². The summed E-state index contributed by atoms with van der Waals surface area (Å²) in [7, 11) is 0. The van der Waals surface area contributed by atoms with Crippen LogP contribution < -0.4 is 15.0 Å². The first-order valence-electron chi connectivity index (χ1n) is 12.5. The second-order valence-corrected chi connectivity index (χ2v) is 10.0. The average molecular weight is 490 g/mol. The number of rotatable bonds is 4. The molecule has 8 heteroatoms. The molecule has 3 aliphatic heterocycles. The molecular formula is C28H31N3O5. The Bertz CT molecular complexity index is 1250. The fraction of sp³-hybridized carbons (Fsp3) is 0.429. The van der Waals surface area contributed by atoms with Crippen molar-refractivity contribution in [2.45, 2.75) is 46.1 Å². The van der Waals surface area contributed by atoms with Gasteiger partial charge < -0.3 is 19.9 Å². The van der Waals surface area contributed by atoms with Crippen molar-refractivity contribution in [1.82, 2.24) is 4.90 Å². The van der Waals surface area contributed by atoms with Gasteiger partial charge in [0.05, 0.1) is 11.6 Å². The normalized spacial score (nSPS) is 22.2. The molecule has 2 atom stereocenters. The number of nitrogens with one attached hydrogen (secondary N) is 1. The molecule has 36 heavy (non-hydrogen) atoms. The van der Waals surface area contributed by atoms with E-state index in [9.17, 15) is 19.2 Å². The number of nitrogens with zero attached hydrogens (tertiary/aromatic N) is 2. The van der Waals surface area contributed by atoms with E-state index in [4.69, 9.17) is 4.74 Å². The number of aryl methyl sites for hydroxylation is 1. The second kappa shape index (κ2) is 9.41. The van der Waals surface area contributed by atoms with E-state index >= 15 is 0 Å². The van der Waals surface area contributed by atoms with Gasteiger partial charge in [-0.1, -0.05) is 12.1 Å². The minimum atomic E-state index is -0.566. The zero-order chi connectivity index (χ0) is 25.6. The van der Waals surface area contributed by atoms with Gasteiger partial charge in [-0.3, -0.25) is 19.2 Å². The van der Waals surface area contributed by atoms with E-state index in [1.54, 1.807) is 34.9 Å². The van der Waals surface area contributed by atoms with Gasteiger partial charge in [0.1, 0.15) is 5.75 Å². The molecule has 0 aromatic heterocycles. The number of likely N-dealkylation sites (tertiary alicyclic amines) is 1. The molecule has 5 rings (SSSR count). The summed E-state index contributed by atoms with van der Waals surface area (Å²) in [6.07, 6.45) is 0.794. The number of carbonyl (C=O) groups excluding carboxylic acids is 4. The van der Waals surface area contributed by atoms with Crippen LogP contribution in [-0.2, 0) is 14.4 Å². The number of hydrogen-bond acceptors (Lipinski definition) is 5. The highest BCUT2D eigenvalue weighted by atomic mass is 16.5. The third-order valence-electron chi connectivity index (χ3n) is 7.71. The van der Waals surface area contributed by atoms with Crippen LogP contribution in [0.5, 0.6) is 5.75 Å². The number of piperidine rings is 1. The van der Waals surface area contributed by atoms with Crippen LogP contribution in [-0.4, -0.2) is 54.1 Å². The standard InChI is InChI=1S/C28H31N3O5/c1-16-5-4-6-23(17(16)2)31-15-21(14-25(31)32)28(35)30-11-9-19(10-12-30)26(33)20-7-8-24-22(13-20)29-27(34)18(3)36-24/h4-8,13,18-19,21H,9-12,14-15H2,1-3H3,(H,29,34). The highest BCUT2D eigenvalue weighted by Crippen LogP contribution is 2.34. The summed E-state index contributed by atoms with van der Waals surface area (Å²) < 4.78 is 5.57. The van der Waals surface area contributed by atoms with Gasteiger partial charge in [0.2, 0.25) is 11.8 Å². The van der Waals surface area contributed by atoms with Crippen LogP contribution in [0.3, 0.4) is 0 Å². The predicted octanol–water partition coefficient (Wildman–Crippen LogP) is 3.50.